The Balaban J connectivity index is 2.67. The molecule has 2 aromatic carbocycles. The minimum atomic E-state index is -5.06. The first-order chi connectivity index (χ1) is 13.3. The molecule has 146 valence electrons. The van der Waals surface area contributed by atoms with E-state index in [1.807, 2.05) is 0 Å². The number of hydrogen-bond donors (Lipinski definition) is 1. The molecule has 0 fully saturated rings. The van der Waals surface area contributed by atoms with E-state index >= 15 is 0 Å². The number of anilines is 1. The smallest absolute Gasteiger partial charge is 0.322 e. The third-order valence-corrected chi connectivity index (χ3v) is 3.95. The van der Waals surface area contributed by atoms with Gasteiger partial charge in [-0.1, -0.05) is 61.2 Å². The lowest BCUT2D eigenvalue weighted by molar-refractivity contribution is -0.186. The van der Waals surface area contributed by atoms with Crippen molar-refractivity contribution >= 4 is 17.5 Å². The van der Waals surface area contributed by atoms with Crippen molar-refractivity contribution in [1.29, 1.82) is 0 Å². The molecule has 0 aliphatic carbocycles. The summed E-state index contributed by atoms with van der Waals surface area (Å²) in [6, 6.07) is 13.6. The van der Waals surface area contributed by atoms with Crippen LogP contribution in [0.4, 0.5) is 18.9 Å². The molecule has 0 aromatic heterocycles. The van der Waals surface area contributed by atoms with Gasteiger partial charge < -0.3 is 10.2 Å². The van der Waals surface area contributed by atoms with E-state index in [4.69, 9.17) is 0 Å². The van der Waals surface area contributed by atoms with Crippen molar-refractivity contribution in [2.75, 3.05) is 11.9 Å². The molecule has 0 bridgehead atoms. The van der Waals surface area contributed by atoms with Crippen LogP contribution in [0.3, 0.4) is 0 Å². The third kappa shape index (κ3) is 4.88. The molecule has 2 aromatic rings. The van der Waals surface area contributed by atoms with Crippen molar-refractivity contribution in [3.63, 3.8) is 0 Å². The molecule has 1 atom stereocenters. The molecule has 1 N–H and O–H groups in total. The van der Waals surface area contributed by atoms with Crippen molar-refractivity contribution in [3.05, 3.63) is 91.0 Å². The van der Waals surface area contributed by atoms with Crippen molar-refractivity contribution in [2.24, 2.45) is 0 Å². The first kappa shape index (κ1) is 21.0. The molecule has 1 unspecified atom stereocenters. The lowest BCUT2D eigenvalue weighted by atomic mass is 9.95. The van der Waals surface area contributed by atoms with Crippen molar-refractivity contribution in [1.82, 2.24) is 4.90 Å². The summed E-state index contributed by atoms with van der Waals surface area (Å²) >= 11 is 0. The summed E-state index contributed by atoms with van der Waals surface area (Å²) in [5.41, 5.74) is 1.08. The Bertz CT molecular complexity index is 863. The van der Waals surface area contributed by atoms with Gasteiger partial charge in [-0.15, -0.1) is 6.58 Å². The van der Waals surface area contributed by atoms with Gasteiger partial charge >= 0.3 is 12.1 Å². The first-order valence-electron chi connectivity index (χ1n) is 8.35. The summed E-state index contributed by atoms with van der Waals surface area (Å²) in [4.78, 5) is 24.6. The van der Waals surface area contributed by atoms with Crippen LogP contribution in [0.5, 0.6) is 0 Å². The zero-order chi connectivity index (χ0) is 20.7. The minimum Gasteiger partial charge on any atom is -0.322 e. The third-order valence-electron chi connectivity index (χ3n) is 3.95. The highest BCUT2D eigenvalue weighted by Gasteiger charge is 2.45. The Morgan fingerprint density at radius 2 is 1.64 bits per heavy atom. The van der Waals surface area contributed by atoms with E-state index in [0.717, 1.165) is 6.08 Å². The van der Waals surface area contributed by atoms with Crippen LogP contribution in [0.25, 0.3) is 0 Å². The van der Waals surface area contributed by atoms with Crippen molar-refractivity contribution in [3.8, 4) is 0 Å². The largest absolute Gasteiger partial charge is 0.471 e. The Morgan fingerprint density at radius 3 is 2.21 bits per heavy atom. The average molecular weight is 388 g/mol. The van der Waals surface area contributed by atoms with Gasteiger partial charge in [-0.3, -0.25) is 9.59 Å². The molecule has 7 heteroatoms. The number of halogens is 3. The molecular formula is C21H19F3N2O2. The number of nitrogens with one attached hydrogen (secondary N) is 1. The Kier molecular flexibility index (Phi) is 6.76. The zero-order valence-electron chi connectivity index (χ0n) is 14.9. The standard InChI is InChI=1S/C21H19F3N2O2/c1-3-14-26(20(28)21(22,23)24)19(15-10-6-5-7-11-15)16-12-8-9-13-17(16)25-18(27)4-2/h3-13,19H,1-2,14H2,(H,25,27). The Hall–Kier alpha value is -3.35. The molecule has 0 radical (unpaired) electrons. The number of para-hydroxylation sites is 1. The summed E-state index contributed by atoms with van der Waals surface area (Å²) in [6.45, 7) is 6.52. The maximum atomic E-state index is 13.3. The van der Waals surface area contributed by atoms with Gasteiger partial charge in [-0.2, -0.15) is 13.2 Å². The van der Waals surface area contributed by atoms with Crippen LogP contribution >= 0.6 is 0 Å². The molecular weight excluding hydrogens is 369 g/mol. The van der Waals surface area contributed by atoms with E-state index in [2.05, 4.69) is 18.5 Å². The van der Waals surface area contributed by atoms with Gasteiger partial charge in [-0.25, -0.2) is 0 Å². The fourth-order valence-electron chi connectivity index (χ4n) is 2.80. The van der Waals surface area contributed by atoms with Crippen LogP contribution in [0, 0.1) is 0 Å². The summed E-state index contributed by atoms with van der Waals surface area (Å²) in [7, 11) is 0. The number of rotatable bonds is 7. The molecule has 0 saturated heterocycles. The monoisotopic (exact) mass is 388 g/mol. The van der Waals surface area contributed by atoms with Crippen LogP contribution in [0.2, 0.25) is 0 Å². The first-order valence-corrected chi connectivity index (χ1v) is 8.35. The van der Waals surface area contributed by atoms with Crippen LogP contribution < -0.4 is 5.32 Å². The molecule has 0 aliphatic heterocycles. The molecule has 0 spiro atoms. The van der Waals surface area contributed by atoms with Gasteiger partial charge in [0.2, 0.25) is 5.91 Å². The highest BCUT2D eigenvalue weighted by molar-refractivity contribution is 5.99. The van der Waals surface area contributed by atoms with Gasteiger partial charge in [0.05, 0.1) is 6.04 Å². The molecule has 2 amide bonds. The van der Waals surface area contributed by atoms with Crippen LogP contribution in [0.15, 0.2) is 79.9 Å². The van der Waals surface area contributed by atoms with Crippen LogP contribution in [0.1, 0.15) is 17.2 Å². The van der Waals surface area contributed by atoms with Gasteiger partial charge in [0.25, 0.3) is 0 Å². The maximum absolute atomic E-state index is 13.3. The fourth-order valence-corrected chi connectivity index (χ4v) is 2.80. The normalized spacial score (nSPS) is 12.0. The van der Waals surface area contributed by atoms with E-state index < -0.39 is 24.0 Å². The lowest BCUT2D eigenvalue weighted by Crippen LogP contribution is -2.44. The summed E-state index contributed by atoms with van der Waals surface area (Å²) in [5, 5.41) is 2.58. The average Bonchev–Trinajstić information content (AvgIpc) is 2.68. The molecule has 0 heterocycles. The van der Waals surface area contributed by atoms with Crippen molar-refractivity contribution in [2.45, 2.75) is 12.2 Å². The highest BCUT2D eigenvalue weighted by atomic mass is 19.4. The van der Waals surface area contributed by atoms with Gasteiger partial charge in [0.15, 0.2) is 0 Å². The van der Waals surface area contributed by atoms with Gasteiger partial charge in [0, 0.05) is 17.8 Å². The maximum Gasteiger partial charge on any atom is 0.471 e. The summed E-state index contributed by atoms with van der Waals surface area (Å²) in [6.07, 6.45) is -2.78. The predicted octanol–water partition coefficient (Wildman–Crippen LogP) is 4.48. The summed E-state index contributed by atoms with van der Waals surface area (Å²) in [5.74, 6) is -2.51. The molecule has 0 aliphatic rings. The van der Waals surface area contributed by atoms with Gasteiger partial charge in [-0.05, 0) is 17.7 Å². The number of benzene rings is 2. The highest BCUT2D eigenvalue weighted by Crippen LogP contribution is 2.36. The lowest BCUT2D eigenvalue weighted by Gasteiger charge is -2.33. The zero-order valence-corrected chi connectivity index (χ0v) is 14.9. The van der Waals surface area contributed by atoms with Crippen LogP contribution in [-0.2, 0) is 9.59 Å². The second kappa shape index (κ2) is 9.03. The molecule has 28 heavy (non-hydrogen) atoms. The Morgan fingerprint density at radius 1 is 1.04 bits per heavy atom. The Labute approximate surface area is 161 Å². The van der Waals surface area contributed by atoms with Gasteiger partial charge in [0.1, 0.15) is 0 Å². The second-order valence-corrected chi connectivity index (χ2v) is 5.84. The van der Waals surface area contributed by atoms with E-state index in [0.29, 0.717) is 16.0 Å². The predicted molar refractivity (Wildman–Crippen MR) is 102 cm³/mol. The summed E-state index contributed by atoms with van der Waals surface area (Å²) < 4.78 is 39.8. The topological polar surface area (TPSA) is 49.4 Å². The SMILES string of the molecule is C=CCN(C(=O)C(F)(F)F)C(c1ccccc1)c1ccccc1NC(=O)C=C. The molecule has 0 saturated carbocycles. The number of alkyl halides is 3. The number of amides is 2. The van der Waals surface area contributed by atoms with E-state index in [9.17, 15) is 22.8 Å². The van der Waals surface area contributed by atoms with E-state index in [1.165, 1.54) is 6.08 Å². The van der Waals surface area contributed by atoms with E-state index in [-0.39, 0.29) is 12.2 Å². The number of carbonyl (C=O) groups is 2. The molecule has 4 nitrogen and oxygen atoms in total. The minimum absolute atomic E-state index is 0.283. The quantitative estimate of drug-likeness (QED) is 0.562. The second-order valence-electron chi connectivity index (χ2n) is 5.84. The number of nitrogens with zero attached hydrogens (tertiary/aromatic N) is 1. The van der Waals surface area contributed by atoms with Crippen LogP contribution in [-0.4, -0.2) is 29.4 Å². The fraction of sp³-hybridized carbons (Fsp3) is 0.143. The van der Waals surface area contributed by atoms with Crippen molar-refractivity contribution < 1.29 is 22.8 Å². The van der Waals surface area contributed by atoms with E-state index in [1.54, 1.807) is 54.6 Å². The number of carbonyl (C=O) groups excluding carboxylic acids is 2. The molecule has 2 rings (SSSR count). The number of hydrogen-bond acceptors (Lipinski definition) is 2.